The molecule has 0 aliphatic heterocycles. The monoisotopic (exact) mass is 241 g/mol. The minimum atomic E-state index is -4.32. The van der Waals surface area contributed by atoms with Gasteiger partial charge in [0.05, 0.1) is 11.6 Å². The molecule has 0 N–H and O–H groups in total. The van der Waals surface area contributed by atoms with Crippen LogP contribution in [0, 0.1) is 0 Å². The third kappa shape index (κ3) is 2.42. The lowest BCUT2D eigenvalue weighted by molar-refractivity contribution is -0.166. The first-order chi connectivity index (χ1) is 6.91. The number of nitrogens with zero attached hydrogens (tertiary/aromatic N) is 3. The number of rotatable bonds is 3. The van der Waals surface area contributed by atoms with E-state index in [1.54, 1.807) is 6.92 Å². The van der Waals surface area contributed by atoms with Crippen molar-refractivity contribution in [3.8, 4) is 0 Å². The number of halogens is 4. The van der Waals surface area contributed by atoms with E-state index < -0.39 is 12.2 Å². The van der Waals surface area contributed by atoms with Crippen LogP contribution in [0.1, 0.15) is 31.3 Å². The molecule has 86 valence electrons. The lowest BCUT2D eigenvalue weighted by atomic mass is 10.2. The van der Waals surface area contributed by atoms with Crippen molar-refractivity contribution in [2.75, 3.05) is 0 Å². The van der Waals surface area contributed by atoms with Crippen LogP contribution in [0.3, 0.4) is 0 Å². The van der Waals surface area contributed by atoms with Gasteiger partial charge >= 0.3 is 6.18 Å². The summed E-state index contributed by atoms with van der Waals surface area (Å²) in [6.07, 6.45) is -3.89. The minimum absolute atomic E-state index is 0.0771. The molecule has 1 aromatic rings. The molecule has 15 heavy (non-hydrogen) atoms. The number of aromatic nitrogens is 3. The summed E-state index contributed by atoms with van der Waals surface area (Å²) in [5.74, 6) is 0.0771. The van der Waals surface area contributed by atoms with E-state index in [4.69, 9.17) is 11.6 Å². The Morgan fingerprint density at radius 1 is 1.47 bits per heavy atom. The maximum Gasteiger partial charge on any atom is 0.410 e. The van der Waals surface area contributed by atoms with Gasteiger partial charge in [-0.05, 0) is 13.3 Å². The topological polar surface area (TPSA) is 30.7 Å². The molecule has 1 aromatic heterocycles. The molecule has 0 amide bonds. The van der Waals surface area contributed by atoms with Crippen LogP contribution < -0.4 is 0 Å². The van der Waals surface area contributed by atoms with Crippen LogP contribution in [0.15, 0.2) is 0 Å². The summed E-state index contributed by atoms with van der Waals surface area (Å²) in [7, 11) is 0. The molecule has 0 radical (unpaired) electrons. The lowest BCUT2D eigenvalue weighted by Gasteiger charge is -2.17. The summed E-state index contributed by atoms with van der Waals surface area (Å²) in [5, 5.41) is 7.11. The molecular weight excluding hydrogens is 231 g/mol. The molecule has 1 atom stereocenters. The van der Waals surface area contributed by atoms with Crippen molar-refractivity contribution in [2.24, 2.45) is 0 Å². The normalized spacial score (nSPS) is 14.3. The zero-order valence-corrected chi connectivity index (χ0v) is 9.10. The Morgan fingerprint density at radius 3 is 2.47 bits per heavy atom. The van der Waals surface area contributed by atoms with E-state index in [-0.39, 0.29) is 5.88 Å². The van der Waals surface area contributed by atoms with E-state index in [1.165, 1.54) is 0 Å². The Hall–Kier alpha value is -0.780. The first kappa shape index (κ1) is 12.3. The van der Waals surface area contributed by atoms with Gasteiger partial charge in [-0.3, -0.25) is 0 Å². The Morgan fingerprint density at radius 2 is 2.07 bits per heavy atom. The maximum absolute atomic E-state index is 12.4. The van der Waals surface area contributed by atoms with Crippen molar-refractivity contribution in [2.45, 2.75) is 38.4 Å². The van der Waals surface area contributed by atoms with Crippen LogP contribution in [0.5, 0.6) is 0 Å². The summed E-state index contributed by atoms with van der Waals surface area (Å²) >= 11 is 5.55. The fraction of sp³-hybridized carbons (Fsp3) is 0.750. The summed E-state index contributed by atoms with van der Waals surface area (Å²) in [6, 6.07) is -1.67. The third-order valence-corrected chi connectivity index (χ3v) is 2.43. The largest absolute Gasteiger partial charge is 0.410 e. The molecule has 0 aliphatic carbocycles. The zero-order chi connectivity index (χ0) is 11.6. The highest BCUT2D eigenvalue weighted by molar-refractivity contribution is 6.16. The van der Waals surface area contributed by atoms with E-state index in [0.717, 1.165) is 11.6 Å². The minimum Gasteiger partial charge on any atom is -0.237 e. The second-order valence-electron chi connectivity index (χ2n) is 3.13. The standard InChI is InChI=1S/C8H11ClF3N3/c1-3-7-6(4-9)13-14-15(7)5(2)8(10,11)12/h5H,3-4H2,1-2H3. The molecule has 1 rings (SSSR count). The highest BCUT2D eigenvalue weighted by atomic mass is 35.5. The molecule has 1 heterocycles. The van der Waals surface area contributed by atoms with Crippen molar-refractivity contribution in [3.05, 3.63) is 11.4 Å². The third-order valence-electron chi connectivity index (χ3n) is 2.17. The Balaban J connectivity index is 3.09. The molecule has 0 saturated heterocycles. The zero-order valence-electron chi connectivity index (χ0n) is 8.35. The number of hydrogen-bond donors (Lipinski definition) is 0. The SMILES string of the molecule is CCc1c(CCl)nnn1C(C)C(F)(F)F. The number of hydrogen-bond acceptors (Lipinski definition) is 2. The van der Waals surface area contributed by atoms with Gasteiger partial charge in [-0.2, -0.15) is 13.2 Å². The smallest absolute Gasteiger partial charge is 0.237 e. The molecule has 0 aromatic carbocycles. The van der Waals surface area contributed by atoms with Crippen molar-refractivity contribution in [3.63, 3.8) is 0 Å². The van der Waals surface area contributed by atoms with E-state index in [2.05, 4.69) is 10.3 Å². The second-order valence-corrected chi connectivity index (χ2v) is 3.40. The van der Waals surface area contributed by atoms with E-state index >= 15 is 0 Å². The van der Waals surface area contributed by atoms with Gasteiger partial charge in [-0.25, -0.2) is 4.68 Å². The fourth-order valence-corrected chi connectivity index (χ4v) is 1.47. The summed E-state index contributed by atoms with van der Waals surface area (Å²) in [4.78, 5) is 0. The van der Waals surface area contributed by atoms with Gasteiger partial charge in [0.2, 0.25) is 0 Å². The van der Waals surface area contributed by atoms with E-state index in [9.17, 15) is 13.2 Å². The van der Waals surface area contributed by atoms with Gasteiger partial charge in [0.25, 0.3) is 0 Å². The Labute approximate surface area is 90.2 Å². The average Bonchev–Trinajstić information content (AvgIpc) is 2.57. The molecule has 0 aliphatic rings. The number of alkyl halides is 4. The van der Waals surface area contributed by atoms with E-state index in [0.29, 0.717) is 17.8 Å². The molecular formula is C8H11ClF3N3. The van der Waals surface area contributed by atoms with Gasteiger partial charge < -0.3 is 0 Å². The van der Waals surface area contributed by atoms with Crippen LogP contribution in [-0.2, 0) is 12.3 Å². The first-order valence-electron chi connectivity index (χ1n) is 4.47. The quantitative estimate of drug-likeness (QED) is 0.762. The average molecular weight is 242 g/mol. The molecule has 0 spiro atoms. The molecule has 0 fully saturated rings. The van der Waals surface area contributed by atoms with E-state index in [1.807, 2.05) is 0 Å². The fourth-order valence-electron chi connectivity index (χ4n) is 1.27. The summed E-state index contributed by atoms with van der Waals surface area (Å²) in [6.45, 7) is 2.79. The maximum atomic E-state index is 12.4. The second kappa shape index (κ2) is 4.38. The van der Waals surface area contributed by atoms with Crippen LogP contribution in [0.2, 0.25) is 0 Å². The predicted molar refractivity (Wildman–Crippen MR) is 49.7 cm³/mol. The van der Waals surface area contributed by atoms with Gasteiger partial charge in [0.1, 0.15) is 11.7 Å². The molecule has 7 heteroatoms. The van der Waals surface area contributed by atoms with Crippen molar-refractivity contribution in [1.82, 2.24) is 15.0 Å². The highest BCUT2D eigenvalue weighted by Crippen LogP contribution is 2.30. The predicted octanol–water partition coefficient (Wildman–Crippen LogP) is 2.70. The van der Waals surface area contributed by atoms with Crippen molar-refractivity contribution < 1.29 is 13.2 Å². The van der Waals surface area contributed by atoms with Gasteiger partial charge in [-0.15, -0.1) is 16.7 Å². The summed E-state index contributed by atoms with van der Waals surface area (Å²) in [5.41, 5.74) is 0.852. The summed E-state index contributed by atoms with van der Waals surface area (Å²) < 4.78 is 38.2. The highest BCUT2D eigenvalue weighted by Gasteiger charge is 2.39. The lowest BCUT2D eigenvalue weighted by Crippen LogP contribution is -2.26. The Kier molecular flexibility index (Phi) is 3.59. The van der Waals surface area contributed by atoms with Crippen molar-refractivity contribution >= 4 is 11.6 Å². The van der Waals surface area contributed by atoms with Crippen molar-refractivity contribution in [1.29, 1.82) is 0 Å². The first-order valence-corrected chi connectivity index (χ1v) is 5.00. The Bertz CT molecular complexity index is 334. The van der Waals surface area contributed by atoms with Gasteiger partial charge in [0, 0.05) is 0 Å². The molecule has 3 nitrogen and oxygen atoms in total. The molecule has 0 saturated carbocycles. The van der Waals surface area contributed by atoms with Crippen LogP contribution in [0.4, 0.5) is 13.2 Å². The van der Waals surface area contributed by atoms with Gasteiger partial charge in [-0.1, -0.05) is 12.1 Å². The molecule has 0 bridgehead atoms. The van der Waals surface area contributed by atoms with Gasteiger partial charge in [0.15, 0.2) is 0 Å². The molecule has 1 unspecified atom stereocenters. The van der Waals surface area contributed by atoms with Crippen LogP contribution >= 0.6 is 11.6 Å². The van der Waals surface area contributed by atoms with Crippen LogP contribution in [0.25, 0.3) is 0 Å². The van der Waals surface area contributed by atoms with Crippen LogP contribution in [-0.4, -0.2) is 21.2 Å².